The molecule has 0 bridgehead atoms. The molecule has 2 amide bonds. The molecule has 0 atom stereocenters. The van der Waals surface area contributed by atoms with Crippen LogP contribution in [0.4, 0.5) is 5.00 Å². The fourth-order valence-electron chi connectivity index (χ4n) is 2.76. The Morgan fingerprint density at radius 3 is 2.77 bits per heavy atom. The van der Waals surface area contributed by atoms with E-state index in [1.54, 1.807) is 24.3 Å². The first-order chi connectivity index (χ1) is 10.6. The van der Waals surface area contributed by atoms with Crippen LogP contribution in [0.2, 0.25) is 0 Å². The summed E-state index contributed by atoms with van der Waals surface area (Å²) in [7, 11) is 1.51. The normalized spacial score (nSPS) is 12.8. The number of fused-ring (bicyclic) bond motifs is 1. The molecule has 1 aliphatic carbocycles. The number of anilines is 1. The molecule has 6 heteroatoms. The summed E-state index contributed by atoms with van der Waals surface area (Å²) in [6.45, 7) is 0. The van der Waals surface area contributed by atoms with E-state index < -0.39 is 5.91 Å². The zero-order valence-corrected chi connectivity index (χ0v) is 13.0. The molecule has 0 aliphatic heterocycles. The Bertz CT molecular complexity index is 752. The highest BCUT2D eigenvalue weighted by atomic mass is 32.1. The predicted molar refractivity (Wildman–Crippen MR) is 85.8 cm³/mol. The first kappa shape index (κ1) is 14.6. The van der Waals surface area contributed by atoms with E-state index in [0.29, 0.717) is 21.9 Å². The largest absolute Gasteiger partial charge is 0.496 e. The maximum absolute atomic E-state index is 12.5. The number of ether oxygens (including phenoxy) is 1. The van der Waals surface area contributed by atoms with Gasteiger partial charge < -0.3 is 15.8 Å². The van der Waals surface area contributed by atoms with Crippen LogP contribution >= 0.6 is 11.3 Å². The van der Waals surface area contributed by atoms with Gasteiger partial charge in [-0.3, -0.25) is 9.59 Å². The van der Waals surface area contributed by atoms with Gasteiger partial charge >= 0.3 is 0 Å². The van der Waals surface area contributed by atoms with Crippen molar-refractivity contribution in [1.29, 1.82) is 0 Å². The quantitative estimate of drug-likeness (QED) is 0.909. The summed E-state index contributed by atoms with van der Waals surface area (Å²) in [5.74, 6) is -0.306. The molecule has 0 fully saturated rings. The van der Waals surface area contributed by atoms with Crippen LogP contribution in [0.25, 0.3) is 0 Å². The minimum atomic E-state index is -0.491. The number of primary amides is 1. The van der Waals surface area contributed by atoms with E-state index >= 15 is 0 Å². The Morgan fingerprint density at radius 2 is 2.05 bits per heavy atom. The summed E-state index contributed by atoms with van der Waals surface area (Å²) < 4.78 is 5.19. The highest BCUT2D eigenvalue weighted by Crippen LogP contribution is 2.39. The number of amides is 2. The molecule has 0 radical (unpaired) electrons. The topological polar surface area (TPSA) is 81.4 Å². The molecule has 1 aliphatic rings. The first-order valence-electron chi connectivity index (χ1n) is 7.00. The number of nitrogens with one attached hydrogen (secondary N) is 1. The molecule has 2 aromatic rings. The van der Waals surface area contributed by atoms with Crippen LogP contribution in [0.1, 0.15) is 37.6 Å². The highest BCUT2D eigenvalue weighted by molar-refractivity contribution is 7.17. The number of thiophene rings is 1. The van der Waals surface area contributed by atoms with Crippen molar-refractivity contribution in [1.82, 2.24) is 0 Å². The molecule has 0 unspecified atom stereocenters. The Hall–Kier alpha value is -2.34. The molecular formula is C16H16N2O3S. The summed E-state index contributed by atoms with van der Waals surface area (Å²) in [6.07, 6.45) is 2.81. The molecule has 3 rings (SSSR count). The fraction of sp³-hybridized carbons (Fsp3) is 0.250. The number of nitrogens with two attached hydrogens (primary N) is 1. The van der Waals surface area contributed by atoms with Crippen LogP contribution in [-0.2, 0) is 12.8 Å². The van der Waals surface area contributed by atoms with Gasteiger partial charge in [0.05, 0.1) is 18.2 Å². The fourth-order valence-corrected chi connectivity index (χ4v) is 4.05. The molecule has 3 N–H and O–H groups in total. The van der Waals surface area contributed by atoms with Gasteiger partial charge in [0, 0.05) is 4.88 Å². The third-order valence-corrected chi connectivity index (χ3v) is 4.95. The average Bonchev–Trinajstić information content (AvgIpc) is 3.06. The molecular weight excluding hydrogens is 300 g/mol. The summed E-state index contributed by atoms with van der Waals surface area (Å²) in [6, 6.07) is 6.96. The van der Waals surface area contributed by atoms with Crippen molar-refractivity contribution in [2.45, 2.75) is 19.3 Å². The lowest BCUT2D eigenvalue weighted by Crippen LogP contribution is -2.18. The summed E-state index contributed by atoms with van der Waals surface area (Å²) in [4.78, 5) is 25.3. The second-order valence-corrected chi connectivity index (χ2v) is 6.19. The van der Waals surface area contributed by atoms with Crippen molar-refractivity contribution in [3.63, 3.8) is 0 Å². The third-order valence-electron chi connectivity index (χ3n) is 3.75. The summed E-state index contributed by atoms with van der Waals surface area (Å²) >= 11 is 1.44. The van der Waals surface area contributed by atoms with Gasteiger partial charge in [0.15, 0.2) is 0 Å². The number of carbonyl (C=O) groups excluding carboxylic acids is 2. The second kappa shape index (κ2) is 5.81. The van der Waals surface area contributed by atoms with E-state index in [0.717, 1.165) is 29.7 Å². The maximum Gasteiger partial charge on any atom is 0.260 e. The van der Waals surface area contributed by atoms with Crippen LogP contribution < -0.4 is 15.8 Å². The minimum absolute atomic E-state index is 0.306. The Labute approximate surface area is 132 Å². The number of aryl methyl sites for hydroxylation is 1. The average molecular weight is 316 g/mol. The number of carbonyl (C=O) groups is 2. The molecule has 1 aromatic carbocycles. The van der Waals surface area contributed by atoms with E-state index in [9.17, 15) is 9.59 Å². The zero-order chi connectivity index (χ0) is 15.7. The van der Waals surface area contributed by atoms with Gasteiger partial charge in [-0.05, 0) is 37.0 Å². The van der Waals surface area contributed by atoms with E-state index in [-0.39, 0.29) is 5.91 Å². The van der Waals surface area contributed by atoms with Gasteiger partial charge in [-0.1, -0.05) is 12.1 Å². The standard InChI is InChI=1S/C16H16N2O3S/c1-21-11-7-3-2-5-9(11)15(20)18-16-13(14(17)19)10-6-4-8-12(10)22-16/h2-3,5,7H,4,6,8H2,1H3,(H2,17,19)(H,18,20). The van der Waals surface area contributed by atoms with Crippen LogP contribution in [-0.4, -0.2) is 18.9 Å². The van der Waals surface area contributed by atoms with Crippen LogP contribution in [0.15, 0.2) is 24.3 Å². The Balaban J connectivity index is 1.94. The van der Waals surface area contributed by atoms with Gasteiger partial charge in [-0.15, -0.1) is 11.3 Å². The molecule has 1 aromatic heterocycles. The SMILES string of the molecule is COc1ccccc1C(=O)Nc1sc2c(c1C(N)=O)CCC2. The van der Waals surface area contributed by atoms with Crippen molar-refractivity contribution in [2.24, 2.45) is 5.73 Å². The number of para-hydroxylation sites is 1. The number of hydrogen-bond acceptors (Lipinski definition) is 4. The Morgan fingerprint density at radius 1 is 1.27 bits per heavy atom. The van der Waals surface area contributed by atoms with E-state index in [4.69, 9.17) is 10.5 Å². The molecule has 114 valence electrons. The number of hydrogen-bond donors (Lipinski definition) is 2. The van der Waals surface area contributed by atoms with Crippen molar-refractivity contribution >= 4 is 28.2 Å². The first-order valence-corrected chi connectivity index (χ1v) is 7.82. The smallest absolute Gasteiger partial charge is 0.260 e. The molecule has 1 heterocycles. The summed E-state index contributed by atoms with van der Waals surface area (Å²) in [5.41, 5.74) is 7.37. The highest BCUT2D eigenvalue weighted by Gasteiger charge is 2.26. The monoisotopic (exact) mass is 316 g/mol. The molecule has 5 nitrogen and oxygen atoms in total. The van der Waals surface area contributed by atoms with Gasteiger partial charge in [-0.2, -0.15) is 0 Å². The number of methoxy groups -OCH3 is 1. The zero-order valence-electron chi connectivity index (χ0n) is 12.1. The molecule has 0 saturated heterocycles. The molecule has 0 saturated carbocycles. The van der Waals surface area contributed by atoms with Crippen LogP contribution in [0.5, 0.6) is 5.75 Å². The van der Waals surface area contributed by atoms with Crippen molar-refractivity contribution in [2.75, 3.05) is 12.4 Å². The lowest BCUT2D eigenvalue weighted by molar-refractivity contribution is 0.100. The van der Waals surface area contributed by atoms with Crippen molar-refractivity contribution in [3.8, 4) is 5.75 Å². The minimum Gasteiger partial charge on any atom is -0.496 e. The molecule has 0 spiro atoms. The second-order valence-electron chi connectivity index (χ2n) is 5.08. The predicted octanol–water partition coefficient (Wildman–Crippen LogP) is 2.60. The lowest BCUT2D eigenvalue weighted by atomic mass is 10.1. The van der Waals surface area contributed by atoms with Crippen molar-refractivity contribution in [3.05, 3.63) is 45.8 Å². The van der Waals surface area contributed by atoms with Crippen LogP contribution in [0.3, 0.4) is 0 Å². The molecule has 22 heavy (non-hydrogen) atoms. The summed E-state index contributed by atoms with van der Waals surface area (Å²) in [5, 5.41) is 3.35. The van der Waals surface area contributed by atoms with Gasteiger partial charge in [0.1, 0.15) is 10.8 Å². The third kappa shape index (κ3) is 2.46. The Kier molecular flexibility index (Phi) is 3.85. The maximum atomic E-state index is 12.5. The van der Waals surface area contributed by atoms with E-state index in [1.807, 2.05) is 0 Å². The van der Waals surface area contributed by atoms with Gasteiger partial charge in [0.2, 0.25) is 0 Å². The van der Waals surface area contributed by atoms with Gasteiger partial charge in [0.25, 0.3) is 11.8 Å². The van der Waals surface area contributed by atoms with E-state index in [2.05, 4.69) is 5.32 Å². The van der Waals surface area contributed by atoms with Crippen molar-refractivity contribution < 1.29 is 14.3 Å². The number of rotatable bonds is 4. The van der Waals surface area contributed by atoms with Crippen LogP contribution in [0, 0.1) is 0 Å². The van der Waals surface area contributed by atoms with E-state index in [1.165, 1.54) is 18.4 Å². The number of benzene rings is 1. The lowest BCUT2D eigenvalue weighted by Gasteiger charge is -2.09. The van der Waals surface area contributed by atoms with Gasteiger partial charge in [-0.25, -0.2) is 0 Å².